The summed E-state index contributed by atoms with van der Waals surface area (Å²) in [6, 6.07) is 19.6. The monoisotopic (exact) mass is 556 g/mol. The number of thiocarbonyl (C=S) groups is 1. The quantitative estimate of drug-likeness (QED) is 0.246. The Balaban J connectivity index is 1.63. The lowest BCUT2D eigenvalue weighted by Gasteiger charge is -2.28. The van der Waals surface area contributed by atoms with Gasteiger partial charge in [0.15, 0.2) is 16.6 Å². The van der Waals surface area contributed by atoms with Crippen molar-refractivity contribution >= 4 is 68.4 Å². The van der Waals surface area contributed by atoms with Crippen molar-refractivity contribution in [1.29, 1.82) is 0 Å². The lowest BCUT2D eigenvalue weighted by Crippen LogP contribution is -2.54. The molecule has 172 valence electrons. The molecule has 0 aromatic heterocycles. The lowest BCUT2D eigenvalue weighted by molar-refractivity contribution is -0.122. The number of nitrogens with one attached hydrogen (secondary N) is 1. The summed E-state index contributed by atoms with van der Waals surface area (Å²) >= 11 is 14.7. The molecule has 1 heterocycles. The summed E-state index contributed by atoms with van der Waals surface area (Å²) in [5, 5.41) is 3.25. The van der Waals surface area contributed by atoms with Gasteiger partial charge in [-0.15, -0.1) is 0 Å². The van der Waals surface area contributed by atoms with Gasteiger partial charge < -0.3 is 9.47 Å². The number of hydrogen-bond acceptors (Lipinski definition) is 5. The van der Waals surface area contributed by atoms with Crippen molar-refractivity contribution < 1.29 is 19.1 Å². The summed E-state index contributed by atoms with van der Waals surface area (Å²) in [4.78, 5) is 27.1. The number of anilines is 1. The summed E-state index contributed by atoms with van der Waals surface area (Å²) in [5.74, 6) is -0.154. The standard InChI is InChI=1S/C25H18BrClN2O4S/c1-32-21-13-16(12-20(26)22(21)33-14-15-7-9-17(27)10-8-15)11-19-23(30)28-25(34)29(24(19)31)18-5-3-2-4-6-18/h2-13H,14H2,1H3,(H,28,30,34). The third-order valence-corrected chi connectivity index (χ3v) is 6.10. The normalized spacial score (nSPS) is 14.9. The SMILES string of the molecule is COc1cc(C=C2C(=O)NC(=S)N(c3ccccc3)C2=O)cc(Br)c1OCc1ccc(Cl)cc1. The van der Waals surface area contributed by atoms with E-state index >= 15 is 0 Å². The van der Waals surface area contributed by atoms with Crippen LogP contribution in [-0.4, -0.2) is 24.0 Å². The van der Waals surface area contributed by atoms with E-state index in [-0.39, 0.29) is 10.7 Å². The van der Waals surface area contributed by atoms with Gasteiger partial charge in [-0.05, 0) is 81.7 Å². The molecule has 3 aromatic carbocycles. The second kappa shape index (κ2) is 10.4. The van der Waals surface area contributed by atoms with Crippen LogP contribution in [0.3, 0.4) is 0 Å². The van der Waals surface area contributed by atoms with Crippen molar-refractivity contribution in [2.45, 2.75) is 6.61 Å². The van der Waals surface area contributed by atoms with Crippen molar-refractivity contribution in [2.24, 2.45) is 0 Å². The van der Waals surface area contributed by atoms with Gasteiger partial charge in [-0.25, -0.2) is 0 Å². The highest BCUT2D eigenvalue weighted by Crippen LogP contribution is 2.38. The van der Waals surface area contributed by atoms with Gasteiger partial charge in [-0.3, -0.25) is 19.8 Å². The van der Waals surface area contributed by atoms with Crippen LogP contribution in [0.5, 0.6) is 11.5 Å². The predicted molar refractivity (Wildman–Crippen MR) is 139 cm³/mol. The average molecular weight is 558 g/mol. The summed E-state index contributed by atoms with van der Waals surface area (Å²) in [6.07, 6.45) is 1.49. The van der Waals surface area contributed by atoms with Gasteiger partial charge in [-0.1, -0.05) is 41.9 Å². The minimum absolute atomic E-state index is 0.0306. The number of carbonyl (C=O) groups is 2. The molecule has 6 nitrogen and oxygen atoms in total. The van der Waals surface area contributed by atoms with Crippen LogP contribution >= 0.6 is 39.7 Å². The number of amides is 2. The molecule has 0 aliphatic carbocycles. The van der Waals surface area contributed by atoms with E-state index in [0.29, 0.717) is 38.9 Å². The van der Waals surface area contributed by atoms with Crippen LogP contribution in [0.2, 0.25) is 5.02 Å². The first-order valence-corrected chi connectivity index (χ1v) is 11.7. The second-order valence-electron chi connectivity index (χ2n) is 7.24. The number of carbonyl (C=O) groups excluding carboxylic acids is 2. The molecule has 0 saturated carbocycles. The van der Waals surface area contributed by atoms with E-state index in [4.69, 9.17) is 33.3 Å². The zero-order chi connectivity index (χ0) is 24.2. The molecule has 0 bridgehead atoms. The minimum Gasteiger partial charge on any atom is -0.493 e. The Morgan fingerprint density at radius 3 is 2.47 bits per heavy atom. The highest BCUT2D eigenvalue weighted by atomic mass is 79.9. The molecular formula is C25H18BrClN2O4S. The molecule has 0 unspecified atom stereocenters. The Morgan fingerprint density at radius 1 is 1.09 bits per heavy atom. The summed E-state index contributed by atoms with van der Waals surface area (Å²) in [6.45, 7) is 0.303. The van der Waals surface area contributed by atoms with Crippen LogP contribution < -0.4 is 19.7 Å². The third kappa shape index (κ3) is 5.14. The lowest BCUT2D eigenvalue weighted by atomic mass is 10.1. The van der Waals surface area contributed by atoms with Crippen molar-refractivity contribution in [3.8, 4) is 11.5 Å². The van der Waals surface area contributed by atoms with Gasteiger partial charge in [-0.2, -0.15) is 0 Å². The smallest absolute Gasteiger partial charge is 0.270 e. The van der Waals surface area contributed by atoms with Crippen molar-refractivity contribution in [1.82, 2.24) is 5.32 Å². The summed E-state index contributed by atoms with van der Waals surface area (Å²) in [5.41, 5.74) is 2.02. The van der Waals surface area contributed by atoms with Crippen LogP contribution in [0.15, 0.2) is 76.8 Å². The average Bonchev–Trinajstić information content (AvgIpc) is 2.82. The van der Waals surface area contributed by atoms with Crippen LogP contribution in [-0.2, 0) is 16.2 Å². The van der Waals surface area contributed by atoms with Crippen LogP contribution in [0.4, 0.5) is 5.69 Å². The maximum Gasteiger partial charge on any atom is 0.270 e. The summed E-state index contributed by atoms with van der Waals surface area (Å²) in [7, 11) is 1.52. The topological polar surface area (TPSA) is 67.9 Å². The summed E-state index contributed by atoms with van der Waals surface area (Å²) < 4.78 is 12.1. The number of para-hydroxylation sites is 1. The number of methoxy groups -OCH3 is 1. The van der Waals surface area contributed by atoms with E-state index in [0.717, 1.165) is 5.56 Å². The fourth-order valence-electron chi connectivity index (χ4n) is 3.34. The molecule has 0 atom stereocenters. The van der Waals surface area contributed by atoms with E-state index in [2.05, 4.69) is 21.2 Å². The van der Waals surface area contributed by atoms with E-state index in [1.807, 2.05) is 18.2 Å². The molecule has 1 saturated heterocycles. The first-order chi connectivity index (χ1) is 16.4. The zero-order valence-electron chi connectivity index (χ0n) is 17.9. The van der Waals surface area contributed by atoms with E-state index in [1.54, 1.807) is 48.5 Å². The molecule has 4 rings (SSSR count). The van der Waals surface area contributed by atoms with E-state index in [1.165, 1.54) is 18.1 Å². The molecule has 1 aliphatic heterocycles. The minimum atomic E-state index is -0.569. The van der Waals surface area contributed by atoms with E-state index in [9.17, 15) is 9.59 Å². The van der Waals surface area contributed by atoms with Gasteiger partial charge in [0, 0.05) is 5.02 Å². The van der Waals surface area contributed by atoms with Gasteiger partial charge >= 0.3 is 0 Å². The van der Waals surface area contributed by atoms with E-state index < -0.39 is 11.8 Å². The number of hydrogen-bond donors (Lipinski definition) is 1. The maximum atomic E-state index is 13.2. The molecule has 1 fully saturated rings. The van der Waals surface area contributed by atoms with Crippen molar-refractivity contribution in [3.05, 3.63) is 92.9 Å². The molecule has 1 N–H and O–H groups in total. The predicted octanol–water partition coefficient (Wildman–Crippen LogP) is 5.52. The Hall–Kier alpha value is -3.20. The van der Waals surface area contributed by atoms with Crippen LogP contribution in [0.1, 0.15) is 11.1 Å². The number of ether oxygens (including phenoxy) is 2. The number of benzene rings is 3. The molecule has 0 radical (unpaired) electrons. The molecular weight excluding hydrogens is 540 g/mol. The fourth-order valence-corrected chi connectivity index (χ4v) is 4.32. The zero-order valence-corrected chi connectivity index (χ0v) is 21.0. The Morgan fingerprint density at radius 2 is 1.79 bits per heavy atom. The van der Waals surface area contributed by atoms with Crippen molar-refractivity contribution in [3.63, 3.8) is 0 Å². The highest BCUT2D eigenvalue weighted by Gasteiger charge is 2.34. The first-order valence-electron chi connectivity index (χ1n) is 10.1. The molecule has 0 spiro atoms. The molecule has 3 aromatic rings. The highest BCUT2D eigenvalue weighted by molar-refractivity contribution is 9.10. The molecule has 9 heteroatoms. The molecule has 34 heavy (non-hydrogen) atoms. The largest absolute Gasteiger partial charge is 0.493 e. The Bertz CT molecular complexity index is 1300. The fraction of sp³-hybridized carbons (Fsp3) is 0.0800. The van der Waals surface area contributed by atoms with Gasteiger partial charge in [0.25, 0.3) is 11.8 Å². The van der Waals surface area contributed by atoms with Crippen LogP contribution in [0.25, 0.3) is 6.08 Å². The van der Waals surface area contributed by atoms with Gasteiger partial charge in [0.1, 0.15) is 12.2 Å². The number of rotatable bonds is 6. The Labute approximate surface area is 215 Å². The molecule has 2 amide bonds. The number of nitrogens with zero attached hydrogens (tertiary/aromatic N) is 1. The number of halogens is 2. The van der Waals surface area contributed by atoms with Crippen molar-refractivity contribution in [2.75, 3.05) is 12.0 Å². The molecule has 1 aliphatic rings. The van der Waals surface area contributed by atoms with Crippen LogP contribution in [0, 0.1) is 0 Å². The first kappa shape index (κ1) is 23.9. The van der Waals surface area contributed by atoms with Gasteiger partial charge in [0.05, 0.1) is 17.3 Å². The Kier molecular flexibility index (Phi) is 7.31. The van der Waals surface area contributed by atoms with Gasteiger partial charge in [0.2, 0.25) is 0 Å². The third-order valence-electron chi connectivity index (χ3n) is 4.98. The maximum absolute atomic E-state index is 13.2. The second-order valence-corrected chi connectivity index (χ2v) is 8.92.